The molecule has 2 saturated heterocycles. The first kappa shape index (κ1) is 25.9. The van der Waals surface area contributed by atoms with E-state index in [9.17, 15) is 8.78 Å². The zero-order valence-corrected chi connectivity index (χ0v) is 22.0. The Kier molecular flexibility index (Phi) is 7.46. The molecule has 38 heavy (non-hydrogen) atoms. The number of aryl methyl sites for hydroxylation is 2. The highest BCUT2D eigenvalue weighted by atomic mass is 19.3. The van der Waals surface area contributed by atoms with Crippen molar-refractivity contribution in [3.8, 4) is 5.75 Å². The summed E-state index contributed by atoms with van der Waals surface area (Å²) < 4.78 is 31.6. The van der Waals surface area contributed by atoms with Crippen molar-refractivity contribution >= 4 is 34.9 Å². The van der Waals surface area contributed by atoms with E-state index in [-0.39, 0.29) is 11.7 Å². The van der Waals surface area contributed by atoms with Gasteiger partial charge in [-0.05, 0) is 56.0 Å². The van der Waals surface area contributed by atoms with Crippen molar-refractivity contribution in [3.63, 3.8) is 0 Å². The van der Waals surface area contributed by atoms with E-state index in [1.54, 1.807) is 18.3 Å². The van der Waals surface area contributed by atoms with Crippen LogP contribution in [0.4, 0.5) is 37.6 Å². The third-order valence-electron chi connectivity index (χ3n) is 7.47. The van der Waals surface area contributed by atoms with E-state index in [1.807, 2.05) is 31.2 Å². The molecule has 2 fully saturated rings. The summed E-state index contributed by atoms with van der Waals surface area (Å²) in [5.74, 6) is 2.15. The number of halogens is 2. The highest BCUT2D eigenvalue weighted by molar-refractivity contribution is 5.74. The van der Waals surface area contributed by atoms with Gasteiger partial charge in [-0.2, -0.15) is 13.8 Å². The second-order valence-corrected chi connectivity index (χ2v) is 10.1. The van der Waals surface area contributed by atoms with Crippen LogP contribution in [0.1, 0.15) is 23.6 Å². The zero-order valence-electron chi connectivity index (χ0n) is 22.0. The van der Waals surface area contributed by atoms with Gasteiger partial charge in [0.1, 0.15) is 5.82 Å². The third kappa shape index (κ3) is 5.43. The molecule has 2 aromatic carbocycles. The van der Waals surface area contributed by atoms with E-state index < -0.39 is 6.61 Å². The number of hydrogen-bond acceptors (Lipinski definition) is 7. The van der Waals surface area contributed by atoms with E-state index in [4.69, 9.17) is 4.74 Å². The molecule has 0 saturated carbocycles. The van der Waals surface area contributed by atoms with Gasteiger partial charge >= 0.3 is 6.61 Å². The predicted molar refractivity (Wildman–Crippen MR) is 149 cm³/mol. The number of alkyl halides is 2. The maximum absolute atomic E-state index is 13.4. The van der Waals surface area contributed by atoms with Crippen molar-refractivity contribution in [3.05, 3.63) is 65.9 Å². The lowest BCUT2D eigenvalue weighted by molar-refractivity contribution is -0.0493. The Hall–Kier alpha value is -3.72. The second-order valence-electron chi connectivity index (χ2n) is 10.1. The van der Waals surface area contributed by atoms with Crippen LogP contribution in [0.25, 0.3) is 6.08 Å². The Morgan fingerprint density at radius 3 is 2.55 bits per heavy atom. The quantitative estimate of drug-likeness (QED) is 0.355. The standard InChI is InChI=1S/C29H34F2N6O/c1-5-19-8-7-9-24(23(19)6-2)33-27-18(3)13-32-29(35-27)34-25-11-10-22(12-26(25)38-28(30)31)37-16-20-14-36(4)15-21(20)17-37/h6-13,20-21,28H,2,5,14-17H2,1,3-4H3,(H2,32,33,34,35)/t20-,21+. The molecule has 200 valence electrons. The molecule has 0 amide bonds. The Balaban J connectivity index is 1.38. The Morgan fingerprint density at radius 1 is 1.11 bits per heavy atom. The lowest BCUT2D eigenvalue weighted by Crippen LogP contribution is -2.26. The molecule has 2 aliphatic heterocycles. The Labute approximate surface area is 222 Å². The summed E-state index contributed by atoms with van der Waals surface area (Å²) in [6.45, 7) is 8.99. The molecule has 0 bridgehead atoms. The van der Waals surface area contributed by atoms with Gasteiger partial charge in [0.15, 0.2) is 5.75 Å². The van der Waals surface area contributed by atoms with Gasteiger partial charge in [0.25, 0.3) is 0 Å². The zero-order chi connectivity index (χ0) is 26.8. The molecule has 3 heterocycles. The number of hydrogen-bond donors (Lipinski definition) is 2. The van der Waals surface area contributed by atoms with E-state index in [0.717, 1.165) is 55.1 Å². The molecule has 2 atom stereocenters. The van der Waals surface area contributed by atoms with Gasteiger partial charge in [-0.1, -0.05) is 31.7 Å². The number of ether oxygens (including phenoxy) is 1. The van der Waals surface area contributed by atoms with Gasteiger partial charge in [0.2, 0.25) is 5.95 Å². The van der Waals surface area contributed by atoms with E-state index in [1.165, 1.54) is 5.56 Å². The molecule has 2 aliphatic rings. The number of nitrogens with zero attached hydrogens (tertiary/aromatic N) is 4. The maximum atomic E-state index is 13.4. The van der Waals surface area contributed by atoms with Gasteiger partial charge in [-0.25, -0.2) is 4.98 Å². The van der Waals surface area contributed by atoms with Crippen molar-refractivity contribution < 1.29 is 13.5 Å². The fourth-order valence-corrected chi connectivity index (χ4v) is 5.59. The van der Waals surface area contributed by atoms with Crippen LogP contribution in [0.3, 0.4) is 0 Å². The first-order valence-electron chi connectivity index (χ1n) is 13.0. The van der Waals surface area contributed by atoms with Crippen molar-refractivity contribution in [2.75, 3.05) is 48.8 Å². The fourth-order valence-electron chi connectivity index (χ4n) is 5.59. The number of fused-ring (bicyclic) bond motifs is 1. The average molecular weight is 521 g/mol. The largest absolute Gasteiger partial charge is 0.433 e. The SMILES string of the molecule is C=Cc1c(CC)cccc1Nc1nc(Nc2ccc(N3C[C@H]4CN(C)C[C@H]4C3)cc2OC(F)F)ncc1C. The molecule has 0 radical (unpaired) electrons. The van der Waals surface area contributed by atoms with Crippen LogP contribution in [0, 0.1) is 18.8 Å². The van der Waals surface area contributed by atoms with Crippen LogP contribution in [0.5, 0.6) is 5.75 Å². The van der Waals surface area contributed by atoms with Gasteiger partial charge in [-0.15, -0.1) is 0 Å². The molecule has 0 unspecified atom stereocenters. The van der Waals surface area contributed by atoms with Crippen molar-refractivity contribution in [2.24, 2.45) is 11.8 Å². The minimum Gasteiger partial charge on any atom is -0.433 e. The first-order chi connectivity index (χ1) is 18.3. The summed E-state index contributed by atoms with van der Waals surface area (Å²) in [6.07, 6.45) is 4.40. The normalized spacial score (nSPS) is 19.1. The summed E-state index contributed by atoms with van der Waals surface area (Å²) in [4.78, 5) is 13.6. The van der Waals surface area contributed by atoms with Gasteiger partial charge in [-0.3, -0.25) is 0 Å². The fraction of sp³-hybridized carbons (Fsp3) is 0.379. The number of nitrogens with one attached hydrogen (secondary N) is 2. The molecule has 9 heteroatoms. The summed E-state index contributed by atoms with van der Waals surface area (Å²) >= 11 is 0. The summed E-state index contributed by atoms with van der Waals surface area (Å²) in [5, 5.41) is 6.46. The maximum Gasteiger partial charge on any atom is 0.387 e. The molecule has 7 nitrogen and oxygen atoms in total. The Bertz CT molecular complexity index is 1300. The molecular weight excluding hydrogens is 486 g/mol. The molecule has 1 aromatic heterocycles. The van der Waals surface area contributed by atoms with Gasteiger partial charge < -0.3 is 25.2 Å². The summed E-state index contributed by atoms with van der Waals surface area (Å²) in [7, 11) is 2.15. The van der Waals surface area contributed by atoms with Crippen molar-refractivity contribution in [1.82, 2.24) is 14.9 Å². The third-order valence-corrected chi connectivity index (χ3v) is 7.47. The molecule has 2 N–H and O–H groups in total. The highest BCUT2D eigenvalue weighted by Gasteiger charge is 2.38. The minimum atomic E-state index is -2.95. The highest BCUT2D eigenvalue weighted by Crippen LogP contribution is 2.38. The van der Waals surface area contributed by atoms with Crippen LogP contribution in [0.15, 0.2) is 49.2 Å². The minimum absolute atomic E-state index is 0.0648. The topological polar surface area (TPSA) is 65.6 Å². The van der Waals surface area contributed by atoms with Crippen molar-refractivity contribution in [1.29, 1.82) is 0 Å². The number of benzene rings is 2. The van der Waals surface area contributed by atoms with E-state index in [2.05, 4.69) is 57.0 Å². The van der Waals surface area contributed by atoms with Gasteiger partial charge in [0.05, 0.1) is 5.69 Å². The predicted octanol–water partition coefficient (Wildman–Crippen LogP) is 6.08. The van der Waals surface area contributed by atoms with Crippen LogP contribution in [-0.2, 0) is 6.42 Å². The van der Waals surface area contributed by atoms with Crippen LogP contribution >= 0.6 is 0 Å². The number of rotatable bonds is 9. The molecule has 5 rings (SSSR count). The number of likely N-dealkylation sites (tertiary alicyclic amines) is 1. The summed E-state index contributed by atoms with van der Waals surface area (Å²) in [6, 6.07) is 11.4. The first-order valence-corrected chi connectivity index (χ1v) is 13.0. The van der Waals surface area contributed by atoms with E-state index >= 15 is 0 Å². The van der Waals surface area contributed by atoms with Gasteiger partial charge in [0, 0.05) is 60.9 Å². The molecular formula is C29H34F2N6O. The molecule has 0 spiro atoms. The van der Waals surface area contributed by atoms with Crippen molar-refractivity contribution in [2.45, 2.75) is 26.9 Å². The lowest BCUT2D eigenvalue weighted by atomic mass is 10.0. The number of aromatic nitrogens is 2. The molecule has 0 aliphatic carbocycles. The summed E-state index contributed by atoms with van der Waals surface area (Å²) in [5.41, 5.74) is 5.18. The van der Waals surface area contributed by atoms with Crippen LogP contribution in [-0.4, -0.2) is 54.7 Å². The second kappa shape index (κ2) is 10.9. The lowest BCUT2D eigenvalue weighted by Gasteiger charge is -2.23. The van der Waals surface area contributed by atoms with Crippen LogP contribution < -0.4 is 20.3 Å². The van der Waals surface area contributed by atoms with E-state index in [0.29, 0.717) is 23.3 Å². The molecule has 3 aromatic rings. The smallest absolute Gasteiger partial charge is 0.387 e. The Morgan fingerprint density at radius 2 is 1.87 bits per heavy atom. The monoisotopic (exact) mass is 520 g/mol. The van der Waals surface area contributed by atoms with Crippen LogP contribution in [0.2, 0.25) is 0 Å². The average Bonchev–Trinajstić information content (AvgIpc) is 3.44. The number of anilines is 5.